The lowest BCUT2D eigenvalue weighted by atomic mass is 10.1. The third-order valence-electron chi connectivity index (χ3n) is 2.55. The van der Waals surface area contributed by atoms with Crippen LogP contribution in [0.1, 0.15) is 32.3 Å². The van der Waals surface area contributed by atoms with Crippen molar-refractivity contribution in [3.63, 3.8) is 0 Å². The lowest BCUT2D eigenvalue weighted by molar-refractivity contribution is -0.124. The number of hydrogen-bond acceptors (Lipinski definition) is 1. The van der Waals surface area contributed by atoms with Crippen molar-refractivity contribution in [2.24, 2.45) is 5.92 Å². The molecule has 3 heteroatoms. The minimum Gasteiger partial charge on any atom is -0.352 e. The van der Waals surface area contributed by atoms with E-state index in [1.165, 1.54) is 12.1 Å². The Balaban J connectivity index is 2.39. The van der Waals surface area contributed by atoms with Crippen LogP contribution < -0.4 is 5.32 Å². The highest BCUT2D eigenvalue weighted by molar-refractivity contribution is 5.78. The number of nitrogens with one attached hydrogen (secondary N) is 1. The van der Waals surface area contributed by atoms with Crippen LogP contribution in [0.3, 0.4) is 0 Å². The lowest BCUT2D eigenvalue weighted by Gasteiger charge is -2.10. The van der Waals surface area contributed by atoms with Crippen molar-refractivity contribution >= 4 is 5.91 Å². The third kappa shape index (κ3) is 4.01. The second-order valence-electron chi connectivity index (χ2n) is 4.03. The Morgan fingerprint density at radius 1 is 1.38 bits per heavy atom. The van der Waals surface area contributed by atoms with Gasteiger partial charge >= 0.3 is 0 Å². The number of rotatable bonds is 5. The normalized spacial score (nSPS) is 12.2. The molecule has 88 valence electrons. The second-order valence-corrected chi connectivity index (χ2v) is 4.03. The predicted octanol–water partition coefficient (Wildman–Crippen LogP) is 2.88. The molecule has 0 fully saturated rings. The van der Waals surface area contributed by atoms with Crippen LogP contribution in [0.15, 0.2) is 24.3 Å². The molecule has 0 aromatic heterocycles. The van der Waals surface area contributed by atoms with E-state index in [1.54, 1.807) is 12.1 Å². The zero-order valence-corrected chi connectivity index (χ0v) is 9.79. The van der Waals surface area contributed by atoms with E-state index in [0.717, 1.165) is 18.4 Å². The molecule has 0 radical (unpaired) electrons. The molecule has 2 nitrogen and oxygen atoms in total. The van der Waals surface area contributed by atoms with Crippen molar-refractivity contribution in [2.75, 3.05) is 0 Å². The zero-order chi connectivity index (χ0) is 12.0. The number of carbonyl (C=O) groups is 1. The highest BCUT2D eigenvalue weighted by Crippen LogP contribution is 2.06. The van der Waals surface area contributed by atoms with E-state index in [4.69, 9.17) is 0 Å². The minimum atomic E-state index is -0.255. The Hall–Kier alpha value is -1.38. The fourth-order valence-corrected chi connectivity index (χ4v) is 1.53. The maximum absolute atomic E-state index is 12.6. The Bertz CT molecular complexity index is 334. The van der Waals surface area contributed by atoms with Crippen molar-refractivity contribution in [1.82, 2.24) is 5.32 Å². The Morgan fingerprint density at radius 3 is 2.56 bits per heavy atom. The van der Waals surface area contributed by atoms with Crippen LogP contribution >= 0.6 is 0 Å². The maximum Gasteiger partial charge on any atom is 0.223 e. The Labute approximate surface area is 95.9 Å². The van der Waals surface area contributed by atoms with Crippen molar-refractivity contribution in [2.45, 2.75) is 33.2 Å². The summed E-state index contributed by atoms with van der Waals surface area (Å²) in [5.74, 6) is -0.147. The molecule has 1 N–H and O–H groups in total. The van der Waals surface area contributed by atoms with Gasteiger partial charge in [-0.2, -0.15) is 0 Å². The van der Waals surface area contributed by atoms with Crippen LogP contribution in [0.5, 0.6) is 0 Å². The largest absolute Gasteiger partial charge is 0.352 e. The molecule has 0 saturated heterocycles. The quantitative estimate of drug-likeness (QED) is 0.817. The highest BCUT2D eigenvalue weighted by atomic mass is 19.1. The maximum atomic E-state index is 12.6. The molecule has 1 unspecified atom stereocenters. The second kappa shape index (κ2) is 6.26. The van der Waals surface area contributed by atoms with E-state index < -0.39 is 0 Å². The first-order valence-corrected chi connectivity index (χ1v) is 5.65. The summed E-state index contributed by atoms with van der Waals surface area (Å²) in [6, 6.07) is 6.16. The molecule has 1 aromatic rings. The van der Waals surface area contributed by atoms with Gasteiger partial charge < -0.3 is 5.32 Å². The molecule has 1 amide bonds. The topological polar surface area (TPSA) is 29.1 Å². The predicted molar refractivity (Wildman–Crippen MR) is 62.3 cm³/mol. The highest BCUT2D eigenvalue weighted by Gasteiger charge is 2.10. The first kappa shape index (κ1) is 12.7. The van der Waals surface area contributed by atoms with Gasteiger partial charge in [-0.15, -0.1) is 0 Å². The van der Waals surface area contributed by atoms with Gasteiger partial charge in [-0.3, -0.25) is 4.79 Å². The fraction of sp³-hybridized carbons (Fsp3) is 0.462. The van der Waals surface area contributed by atoms with Crippen molar-refractivity contribution in [3.8, 4) is 0 Å². The molecule has 16 heavy (non-hydrogen) atoms. The zero-order valence-electron chi connectivity index (χ0n) is 9.79. The van der Waals surface area contributed by atoms with Crippen molar-refractivity contribution in [3.05, 3.63) is 35.6 Å². The van der Waals surface area contributed by atoms with Crippen LogP contribution in [0.4, 0.5) is 4.39 Å². The van der Waals surface area contributed by atoms with Gasteiger partial charge in [0.15, 0.2) is 0 Å². The lowest BCUT2D eigenvalue weighted by Crippen LogP contribution is -2.28. The standard InChI is InChI=1S/C13H18FNO/c1-3-4-10(2)13(16)15-9-11-5-7-12(14)8-6-11/h5-8,10H,3-4,9H2,1-2H3,(H,15,16). The molecule has 0 spiro atoms. The van der Waals surface area contributed by atoms with Crippen LogP contribution in [-0.2, 0) is 11.3 Å². The van der Waals surface area contributed by atoms with Crippen molar-refractivity contribution in [1.29, 1.82) is 0 Å². The number of benzene rings is 1. The summed E-state index contributed by atoms with van der Waals surface area (Å²) < 4.78 is 12.6. The number of carbonyl (C=O) groups excluding carboxylic acids is 1. The van der Waals surface area contributed by atoms with Gasteiger partial charge in [0.25, 0.3) is 0 Å². The molecule has 0 aliphatic heterocycles. The SMILES string of the molecule is CCCC(C)C(=O)NCc1ccc(F)cc1. The van der Waals surface area contributed by atoms with Gasteiger partial charge in [-0.1, -0.05) is 32.4 Å². The average molecular weight is 223 g/mol. The van der Waals surface area contributed by atoms with E-state index in [-0.39, 0.29) is 17.6 Å². The Morgan fingerprint density at radius 2 is 2.00 bits per heavy atom. The molecule has 1 atom stereocenters. The average Bonchev–Trinajstić information content (AvgIpc) is 2.28. The van der Waals surface area contributed by atoms with Gasteiger partial charge in [-0.25, -0.2) is 4.39 Å². The van der Waals surface area contributed by atoms with E-state index in [0.29, 0.717) is 6.54 Å². The molecule has 0 heterocycles. The summed E-state index contributed by atoms with van der Waals surface area (Å²) in [6.45, 7) is 4.44. The summed E-state index contributed by atoms with van der Waals surface area (Å²) in [7, 11) is 0. The summed E-state index contributed by atoms with van der Waals surface area (Å²) in [4.78, 5) is 11.6. The molecular formula is C13H18FNO. The first-order chi connectivity index (χ1) is 7.63. The van der Waals surface area contributed by atoms with Gasteiger partial charge in [0.05, 0.1) is 0 Å². The molecule has 0 aliphatic carbocycles. The number of halogens is 1. The van der Waals surface area contributed by atoms with Gasteiger partial charge in [-0.05, 0) is 24.1 Å². The summed E-state index contributed by atoms with van der Waals surface area (Å²) >= 11 is 0. The molecule has 1 aromatic carbocycles. The number of hydrogen-bond donors (Lipinski definition) is 1. The summed E-state index contributed by atoms with van der Waals surface area (Å²) in [6.07, 6.45) is 1.90. The van der Waals surface area contributed by atoms with E-state index >= 15 is 0 Å². The fourth-order valence-electron chi connectivity index (χ4n) is 1.53. The van der Waals surface area contributed by atoms with Crippen LogP contribution in [0.2, 0.25) is 0 Å². The van der Waals surface area contributed by atoms with Crippen LogP contribution in [0.25, 0.3) is 0 Å². The van der Waals surface area contributed by atoms with E-state index in [9.17, 15) is 9.18 Å². The van der Waals surface area contributed by atoms with Crippen LogP contribution in [-0.4, -0.2) is 5.91 Å². The molecule has 0 saturated carbocycles. The van der Waals surface area contributed by atoms with Crippen LogP contribution in [0, 0.1) is 11.7 Å². The molecule has 0 aliphatic rings. The Kier molecular flexibility index (Phi) is 4.96. The van der Waals surface area contributed by atoms with E-state index in [2.05, 4.69) is 12.2 Å². The summed E-state index contributed by atoms with van der Waals surface area (Å²) in [5, 5.41) is 2.84. The van der Waals surface area contributed by atoms with Gasteiger partial charge in [0.2, 0.25) is 5.91 Å². The molecule has 1 rings (SSSR count). The minimum absolute atomic E-state index is 0.0467. The van der Waals surface area contributed by atoms with Gasteiger partial charge in [0, 0.05) is 12.5 Å². The van der Waals surface area contributed by atoms with Gasteiger partial charge in [0.1, 0.15) is 5.82 Å². The van der Waals surface area contributed by atoms with E-state index in [1.807, 2.05) is 6.92 Å². The third-order valence-corrected chi connectivity index (χ3v) is 2.55. The molecular weight excluding hydrogens is 205 g/mol. The summed E-state index contributed by atoms with van der Waals surface area (Å²) in [5.41, 5.74) is 0.915. The monoisotopic (exact) mass is 223 g/mol. The molecule has 0 bridgehead atoms. The van der Waals surface area contributed by atoms with Crippen molar-refractivity contribution < 1.29 is 9.18 Å². The first-order valence-electron chi connectivity index (χ1n) is 5.65. The smallest absolute Gasteiger partial charge is 0.223 e. The number of amides is 1.